The summed E-state index contributed by atoms with van der Waals surface area (Å²) in [5, 5.41) is 7.58. The molecule has 1 atom stereocenters. The summed E-state index contributed by atoms with van der Waals surface area (Å²) in [6, 6.07) is 5.40. The van der Waals surface area contributed by atoms with E-state index in [1.54, 1.807) is 14.0 Å². The molecule has 1 aromatic carbocycles. The average molecular weight is 342 g/mol. The minimum absolute atomic E-state index is 0.175. The monoisotopic (exact) mass is 342 g/mol. The number of benzene rings is 1. The Kier molecular flexibility index (Phi) is 4.48. The van der Waals surface area contributed by atoms with Gasteiger partial charge in [0.2, 0.25) is 5.89 Å². The Morgan fingerprint density at radius 1 is 1.40 bits per heavy atom. The lowest BCUT2D eigenvalue weighted by Gasteiger charge is -2.10. The minimum Gasteiger partial charge on any atom is -0.497 e. The van der Waals surface area contributed by atoms with Gasteiger partial charge in [0.05, 0.1) is 12.7 Å². The maximum atomic E-state index is 12.9. The van der Waals surface area contributed by atoms with Crippen molar-refractivity contribution in [2.24, 2.45) is 0 Å². The number of aromatic nitrogens is 3. The number of carbonyl (C=O) groups is 1. The number of aryl methyl sites for hydroxylation is 2. The number of methoxy groups -OCH3 is 1. The van der Waals surface area contributed by atoms with Crippen LogP contribution >= 0.6 is 0 Å². The molecule has 0 aliphatic carbocycles. The van der Waals surface area contributed by atoms with Crippen molar-refractivity contribution >= 4 is 16.8 Å². The van der Waals surface area contributed by atoms with Crippen molar-refractivity contribution in [2.75, 3.05) is 7.11 Å². The highest BCUT2D eigenvalue weighted by molar-refractivity contribution is 6.08. The molecule has 7 nitrogen and oxygen atoms in total. The van der Waals surface area contributed by atoms with Crippen LogP contribution in [0.2, 0.25) is 0 Å². The molecule has 7 heteroatoms. The van der Waals surface area contributed by atoms with Crippen molar-refractivity contribution in [3.05, 3.63) is 41.2 Å². The summed E-state index contributed by atoms with van der Waals surface area (Å²) in [6.45, 7) is 8.35. The maximum absolute atomic E-state index is 12.9. The molecule has 0 aliphatic heterocycles. The van der Waals surface area contributed by atoms with Crippen molar-refractivity contribution in [1.29, 1.82) is 0 Å². The summed E-state index contributed by atoms with van der Waals surface area (Å²) >= 11 is 0. The van der Waals surface area contributed by atoms with Crippen LogP contribution in [0.15, 0.2) is 22.7 Å². The van der Waals surface area contributed by atoms with Gasteiger partial charge in [-0.2, -0.15) is 4.98 Å². The molecule has 3 rings (SSSR count). The molecule has 25 heavy (non-hydrogen) atoms. The molecule has 0 radical (unpaired) electrons. The van der Waals surface area contributed by atoms with Gasteiger partial charge < -0.3 is 19.1 Å². The van der Waals surface area contributed by atoms with Gasteiger partial charge in [-0.25, -0.2) is 0 Å². The van der Waals surface area contributed by atoms with Crippen LogP contribution in [-0.2, 0) is 6.54 Å². The third-order valence-corrected chi connectivity index (χ3v) is 4.34. The quantitative estimate of drug-likeness (QED) is 0.770. The number of amides is 1. The standard InChI is InChI=1S/C18H22N4O3/c1-6-22-11(3)16(14-9-13(24-5)7-8-15(14)22)17(23)19-10(2)18-20-12(4)21-25-18/h7-10H,6H2,1-5H3,(H,19,23)/t10-/m1/s1. The molecule has 0 fully saturated rings. The summed E-state index contributed by atoms with van der Waals surface area (Å²) in [6.07, 6.45) is 0. The van der Waals surface area contributed by atoms with E-state index in [1.165, 1.54) is 0 Å². The predicted molar refractivity (Wildman–Crippen MR) is 93.8 cm³/mol. The number of nitrogens with one attached hydrogen (secondary N) is 1. The van der Waals surface area contributed by atoms with Crippen LogP contribution in [0.1, 0.15) is 47.7 Å². The summed E-state index contributed by atoms with van der Waals surface area (Å²) in [4.78, 5) is 17.1. The fourth-order valence-electron chi connectivity index (χ4n) is 3.10. The van der Waals surface area contributed by atoms with Crippen molar-refractivity contribution in [1.82, 2.24) is 20.0 Å². The largest absolute Gasteiger partial charge is 0.497 e. The number of hydrogen-bond donors (Lipinski definition) is 1. The van der Waals surface area contributed by atoms with Gasteiger partial charge >= 0.3 is 0 Å². The van der Waals surface area contributed by atoms with Crippen LogP contribution in [-0.4, -0.2) is 27.7 Å². The lowest BCUT2D eigenvalue weighted by molar-refractivity contribution is 0.0933. The third-order valence-electron chi connectivity index (χ3n) is 4.34. The van der Waals surface area contributed by atoms with Crippen LogP contribution in [0, 0.1) is 13.8 Å². The van der Waals surface area contributed by atoms with Crippen LogP contribution < -0.4 is 10.1 Å². The van der Waals surface area contributed by atoms with E-state index in [-0.39, 0.29) is 11.9 Å². The van der Waals surface area contributed by atoms with Gasteiger partial charge in [0, 0.05) is 23.1 Å². The molecule has 2 heterocycles. The average Bonchev–Trinajstić information content (AvgIpc) is 3.14. The molecule has 1 N–H and O–H groups in total. The predicted octanol–water partition coefficient (Wildman–Crippen LogP) is 3.16. The lowest BCUT2D eigenvalue weighted by Crippen LogP contribution is -2.27. The van der Waals surface area contributed by atoms with Gasteiger partial charge in [-0.1, -0.05) is 5.16 Å². The summed E-state index contributed by atoms with van der Waals surface area (Å²) in [5.41, 5.74) is 2.56. The van der Waals surface area contributed by atoms with Crippen LogP contribution in [0.25, 0.3) is 10.9 Å². The molecular formula is C18H22N4O3. The zero-order valence-corrected chi connectivity index (χ0v) is 15.1. The van der Waals surface area contributed by atoms with E-state index in [1.807, 2.05) is 32.0 Å². The number of fused-ring (bicyclic) bond motifs is 1. The molecule has 0 unspecified atom stereocenters. The van der Waals surface area contributed by atoms with Gasteiger partial charge in [-0.05, 0) is 45.9 Å². The molecular weight excluding hydrogens is 320 g/mol. The molecule has 0 bridgehead atoms. The first-order valence-electron chi connectivity index (χ1n) is 8.24. The van der Waals surface area contributed by atoms with E-state index in [9.17, 15) is 4.79 Å². The highest BCUT2D eigenvalue weighted by atomic mass is 16.5. The topological polar surface area (TPSA) is 82.2 Å². The van der Waals surface area contributed by atoms with Crippen molar-refractivity contribution in [3.63, 3.8) is 0 Å². The van der Waals surface area contributed by atoms with E-state index < -0.39 is 0 Å². The van der Waals surface area contributed by atoms with Gasteiger partial charge in [0.15, 0.2) is 5.82 Å². The molecule has 0 aliphatic rings. The van der Waals surface area contributed by atoms with Crippen molar-refractivity contribution in [3.8, 4) is 5.75 Å². The number of ether oxygens (including phenoxy) is 1. The number of hydrogen-bond acceptors (Lipinski definition) is 5. The van der Waals surface area contributed by atoms with Crippen molar-refractivity contribution < 1.29 is 14.1 Å². The molecule has 1 amide bonds. The Hall–Kier alpha value is -2.83. The SMILES string of the molecule is CCn1c(C)c(C(=O)N[C@H](C)c2nc(C)no2)c2cc(OC)ccc21. The molecule has 2 aromatic heterocycles. The highest BCUT2D eigenvalue weighted by Gasteiger charge is 2.23. The van der Waals surface area contributed by atoms with E-state index in [2.05, 4.69) is 26.9 Å². The molecule has 132 valence electrons. The van der Waals surface area contributed by atoms with Crippen LogP contribution in [0.3, 0.4) is 0 Å². The Balaban J connectivity index is 2.01. The first-order chi connectivity index (χ1) is 12.0. The van der Waals surface area contributed by atoms with Crippen molar-refractivity contribution in [2.45, 2.75) is 40.3 Å². The summed E-state index contributed by atoms with van der Waals surface area (Å²) < 4.78 is 12.6. The number of nitrogens with zero attached hydrogens (tertiary/aromatic N) is 3. The summed E-state index contributed by atoms with van der Waals surface area (Å²) in [5.74, 6) is 1.47. The van der Waals surface area contributed by atoms with Gasteiger partial charge in [-0.15, -0.1) is 0 Å². The Morgan fingerprint density at radius 2 is 2.16 bits per heavy atom. The molecule has 0 saturated carbocycles. The fourth-order valence-corrected chi connectivity index (χ4v) is 3.10. The van der Waals surface area contributed by atoms with Gasteiger partial charge in [0.25, 0.3) is 5.91 Å². The Labute approximate surface area is 146 Å². The van der Waals surface area contributed by atoms with E-state index in [4.69, 9.17) is 9.26 Å². The second-order valence-electron chi connectivity index (χ2n) is 5.96. The van der Waals surface area contributed by atoms with Crippen LogP contribution in [0.5, 0.6) is 5.75 Å². The number of rotatable bonds is 5. The Bertz CT molecular complexity index is 926. The third kappa shape index (κ3) is 2.97. The first-order valence-corrected chi connectivity index (χ1v) is 8.24. The highest BCUT2D eigenvalue weighted by Crippen LogP contribution is 2.30. The molecule has 0 saturated heterocycles. The first kappa shape index (κ1) is 17.0. The second kappa shape index (κ2) is 6.58. The maximum Gasteiger partial charge on any atom is 0.254 e. The molecule has 3 aromatic rings. The van der Waals surface area contributed by atoms with Gasteiger partial charge in [0.1, 0.15) is 11.8 Å². The van der Waals surface area contributed by atoms with Crippen LogP contribution in [0.4, 0.5) is 0 Å². The van der Waals surface area contributed by atoms with E-state index in [0.717, 1.165) is 28.9 Å². The normalized spacial score (nSPS) is 12.4. The second-order valence-corrected chi connectivity index (χ2v) is 5.96. The smallest absolute Gasteiger partial charge is 0.254 e. The fraction of sp³-hybridized carbons (Fsp3) is 0.389. The zero-order valence-electron chi connectivity index (χ0n) is 15.1. The number of carbonyl (C=O) groups excluding carboxylic acids is 1. The lowest BCUT2D eigenvalue weighted by atomic mass is 10.1. The van der Waals surface area contributed by atoms with E-state index in [0.29, 0.717) is 17.3 Å². The molecule has 0 spiro atoms. The van der Waals surface area contributed by atoms with Gasteiger partial charge in [-0.3, -0.25) is 4.79 Å². The minimum atomic E-state index is -0.376. The Morgan fingerprint density at radius 3 is 2.76 bits per heavy atom. The van der Waals surface area contributed by atoms with E-state index >= 15 is 0 Å². The summed E-state index contributed by atoms with van der Waals surface area (Å²) in [7, 11) is 1.62. The zero-order chi connectivity index (χ0) is 18.1.